The Morgan fingerprint density at radius 1 is 1.00 bits per heavy atom. The number of carbonyl (C=O) groups is 1. The van der Waals surface area contributed by atoms with Gasteiger partial charge in [0.25, 0.3) is 0 Å². The number of ether oxygens (including phenoxy) is 1. The van der Waals surface area contributed by atoms with E-state index in [0.29, 0.717) is 0 Å². The normalized spacial score (nSPS) is 48.8. The Morgan fingerprint density at radius 3 is 2.08 bits per heavy atom. The zero-order chi connectivity index (χ0) is 9.30. The number of rotatable bonds is 1. The van der Waals surface area contributed by atoms with Crippen LogP contribution in [-0.2, 0) is 9.53 Å². The van der Waals surface area contributed by atoms with Gasteiger partial charge in [0.1, 0.15) is 24.4 Å². The molecule has 1 aliphatic rings. The van der Waals surface area contributed by atoms with Crippen LogP contribution >= 0.6 is 0 Å². The fourth-order valence-corrected chi connectivity index (χ4v) is 1.000. The van der Waals surface area contributed by atoms with Gasteiger partial charge in [0, 0.05) is 0 Å². The summed E-state index contributed by atoms with van der Waals surface area (Å²) in [5.74, 6) is 0. The summed E-state index contributed by atoms with van der Waals surface area (Å²) in [6, 6.07) is 0. The first-order valence-electron chi connectivity index (χ1n) is 3.41. The highest BCUT2D eigenvalue weighted by molar-refractivity contribution is 5.57. The van der Waals surface area contributed by atoms with Crippen molar-refractivity contribution < 1.29 is 30.0 Å². The van der Waals surface area contributed by atoms with Crippen molar-refractivity contribution in [3.63, 3.8) is 0 Å². The van der Waals surface area contributed by atoms with Gasteiger partial charge in [0.05, 0.1) is 0 Å². The second-order valence-corrected chi connectivity index (χ2v) is 2.60. The van der Waals surface area contributed by atoms with Gasteiger partial charge >= 0.3 is 0 Å². The fourth-order valence-electron chi connectivity index (χ4n) is 1.000. The second-order valence-electron chi connectivity index (χ2n) is 2.60. The van der Waals surface area contributed by atoms with E-state index in [0.717, 1.165) is 0 Å². The molecule has 1 heterocycles. The Hall–Kier alpha value is -0.530. The van der Waals surface area contributed by atoms with E-state index in [1.165, 1.54) is 0 Å². The van der Waals surface area contributed by atoms with Gasteiger partial charge in [0.2, 0.25) is 0 Å². The summed E-state index contributed by atoms with van der Waals surface area (Å²) in [6.07, 6.45) is -7.33. The van der Waals surface area contributed by atoms with E-state index in [2.05, 4.69) is 4.74 Å². The summed E-state index contributed by atoms with van der Waals surface area (Å²) in [7, 11) is 0. The summed E-state index contributed by atoms with van der Waals surface area (Å²) in [4.78, 5) is 10.2. The Morgan fingerprint density at radius 2 is 1.58 bits per heavy atom. The molecule has 0 saturated carbocycles. The van der Waals surface area contributed by atoms with Gasteiger partial charge in [-0.25, -0.2) is 0 Å². The van der Waals surface area contributed by atoms with Crippen molar-refractivity contribution in [1.82, 2.24) is 0 Å². The largest absolute Gasteiger partial charge is 0.387 e. The van der Waals surface area contributed by atoms with Crippen LogP contribution in [0.2, 0.25) is 0 Å². The minimum atomic E-state index is -1.64. The predicted molar refractivity (Wildman–Crippen MR) is 35.0 cm³/mol. The van der Waals surface area contributed by atoms with Gasteiger partial charge in [0.15, 0.2) is 12.6 Å². The minimum absolute atomic E-state index is 0.253. The van der Waals surface area contributed by atoms with Gasteiger partial charge in [-0.05, 0) is 0 Å². The molecule has 0 radical (unpaired) electrons. The van der Waals surface area contributed by atoms with Crippen LogP contribution in [0, 0.1) is 0 Å². The molecule has 0 amide bonds. The number of aldehydes is 1. The SMILES string of the molecule is O=C[C@H]1O[C@@H](O)[C@H](O)[C@@H](O)[C@@H]1O. The molecule has 1 aliphatic heterocycles. The molecule has 6 nitrogen and oxygen atoms in total. The molecular formula is C6H10O6. The molecule has 0 aromatic heterocycles. The van der Waals surface area contributed by atoms with Crippen LogP contribution in [0.1, 0.15) is 0 Å². The molecule has 4 N–H and O–H groups in total. The van der Waals surface area contributed by atoms with E-state index in [1.807, 2.05) is 0 Å². The molecule has 0 aromatic carbocycles. The smallest absolute Gasteiger partial charge is 0.184 e. The average molecular weight is 178 g/mol. The van der Waals surface area contributed by atoms with Crippen LogP contribution in [0.15, 0.2) is 0 Å². The van der Waals surface area contributed by atoms with Crippen LogP contribution in [0.5, 0.6) is 0 Å². The van der Waals surface area contributed by atoms with E-state index in [1.54, 1.807) is 0 Å². The van der Waals surface area contributed by atoms with E-state index in [4.69, 9.17) is 20.4 Å². The predicted octanol–water partition coefficient (Wildman–Crippen LogP) is -3.01. The third-order valence-corrected chi connectivity index (χ3v) is 1.76. The lowest BCUT2D eigenvalue weighted by Gasteiger charge is -2.35. The number of aliphatic hydroxyl groups is 4. The minimum Gasteiger partial charge on any atom is -0.387 e. The van der Waals surface area contributed by atoms with Crippen molar-refractivity contribution in [2.45, 2.75) is 30.7 Å². The molecule has 1 rings (SSSR count). The highest BCUT2D eigenvalue weighted by Crippen LogP contribution is 2.18. The maximum Gasteiger partial charge on any atom is 0.184 e. The Balaban J connectivity index is 2.70. The zero-order valence-corrected chi connectivity index (χ0v) is 6.07. The first-order chi connectivity index (χ1) is 5.57. The van der Waals surface area contributed by atoms with E-state index in [-0.39, 0.29) is 6.29 Å². The van der Waals surface area contributed by atoms with E-state index in [9.17, 15) is 4.79 Å². The molecule has 6 heteroatoms. The Bertz CT molecular complexity index is 171. The lowest BCUT2D eigenvalue weighted by atomic mass is 10.00. The monoisotopic (exact) mass is 178 g/mol. The molecule has 0 aliphatic carbocycles. The average Bonchev–Trinajstić information content (AvgIpc) is 2.08. The van der Waals surface area contributed by atoms with Crippen molar-refractivity contribution in [1.29, 1.82) is 0 Å². The number of hydrogen-bond donors (Lipinski definition) is 4. The lowest BCUT2D eigenvalue weighted by Crippen LogP contribution is -2.57. The first kappa shape index (κ1) is 9.56. The first-order valence-corrected chi connectivity index (χ1v) is 3.41. The van der Waals surface area contributed by atoms with Gasteiger partial charge in [-0.2, -0.15) is 0 Å². The highest BCUT2D eigenvalue weighted by atomic mass is 16.6. The van der Waals surface area contributed by atoms with Crippen molar-refractivity contribution in [3.8, 4) is 0 Å². The quantitative estimate of drug-likeness (QED) is 0.318. The highest BCUT2D eigenvalue weighted by Gasteiger charge is 2.42. The van der Waals surface area contributed by atoms with Gasteiger partial charge in [-0.3, -0.25) is 0 Å². The van der Waals surface area contributed by atoms with E-state index >= 15 is 0 Å². The molecule has 1 saturated heterocycles. The Kier molecular flexibility index (Phi) is 2.76. The fraction of sp³-hybridized carbons (Fsp3) is 0.833. The molecule has 0 spiro atoms. The molecule has 5 atom stereocenters. The summed E-state index contributed by atoms with van der Waals surface area (Å²) < 4.78 is 4.46. The molecule has 0 aromatic rings. The third kappa shape index (κ3) is 1.47. The third-order valence-electron chi connectivity index (χ3n) is 1.76. The standard InChI is InChI=1S/C6H10O6/c7-1-2-3(8)4(9)5(10)6(11)12-2/h1-6,8-11H/t2-,3-,4+,5-,6-/m1/s1. The maximum atomic E-state index is 10.2. The van der Waals surface area contributed by atoms with Crippen LogP contribution in [0.25, 0.3) is 0 Å². The number of hydrogen-bond acceptors (Lipinski definition) is 6. The summed E-state index contributed by atoms with van der Waals surface area (Å²) in [6.45, 7) is 0. The topological polar surface area (TPSA) is 107 Å². The molecule has 70 valence electrons. The van der Waals surface area contributed by atoms with E-state index < -0.39 is 30.7 Å². The van der Waals surface area contributed by atoms with Crippen molar-refractivity contribution in [2.24, 2.45) is 0 Å². The zero-order valence-electron chi connectivity index (χ0n) is 6.07. The second kappa shape index (κ2) is 3.46. The summed E-state index contributed by atoms with van der Waals surface area (Å²) in [5.41, 5.74) is 0. The van der Waals surface area contributed by atoms with Crippen molar-refractivity contribution in [2.75, 3.05) is 0 Å². The molecule has 12 heavy (non-hydrogen) atoms. The van der Waals surface area contributed by atoms with Crippen LogP contribution < -0.4 is 0 Å². The van der Waals surface area contributed by atoms with Crippen molar-refractivity contribution >= 4 is 6.29 Å². The van der Waals surface area contributed by atoms with Crippen LogP contribution in [0.3, 0.4) is 0 Å². The molecule has 1 fully saturated rings. The number of aliphatic hydroxyl groups excluding tert-OH is 4. The molecular weight excluding hydrogens is 168 g/mol. The Labute approximate surface area is 68.0 Å². The molecule has 0 unspecified atom stereocenters. The summed E-state index contributed by atoms with van der Waals surface area (Å²) in [5, 5.41) is 35.9. The van der Waals surface area contributed by atoms with Gasteiger partial charge < -0.3 is 30.0 Å². The lowest BCUT2D eigenvalue weighted by molar-refractivity contribution is -0.272. The maximum absolute atomic E-state index is 10.2. The van der Waals surface area contributed by atoms with Gasteiger partial charge in [-0.15, -0.1) is 0 Å². The summed E-state index contributed by atoms with van der Waals surface area (Å²) >= 11 is 0. The molecule has 0 bridgehead atoms. The number of carbonyl (C=O) groups excluding carboxylic acids is 1. The van der Waals surface area contributed by atoms with Crippen molar-refractivity contribution in [3.05, 3.63) is 0 Å². The van der Waals surface area contributed by atoms with Crippen LogP contribution in [0.4, 0.5) is 0 Å². The van der Waals surface area contributed by atoms with Gasteiger partial charge in [-0.1, -0.05) is 0 Å². The van der Waals surface area contributed by atoms with Crippen LogP contribution in [-0.4, -0.2) is 57.4 Å².